The largest absolute Gasteiger partial charge is 0.494 e. The number of ether oxygens (including phenoxy) is 2. The molecule has 0 saturated carbocycles. The molecule has 0 aromatic heterocycles. The van der Waals surface area contributed by atoms with Crippen LogP contribution in [0.2, 0.25) is 0 Å². The van der Waals surface area contributed by atoms with E-state index in [0.717, 1.165) is 11.4 Å². The van der Waals surface area contributed by atoms with Crippen molar-refractivity contribution < 1.29 is 14.3 Å². The highest BCUT2D eigenvalue weighted by atomic mass is 16.6. The average molecular weight is 236 g/mol. The van der Waals surface area contributed by atoms with Crippen molar-refractivity contribution in [2.75, 3.05) is 24.6 Å². The second-order valence-corrected chi connectivity index (χ2v) is 3.78. The van der Waals surface area contributed by atoms with Crippen molar-refractivity contribution in [3.8, 4) is 5.75 Å². The Labute approximate surface area is 100 Å². The molecule has 1 aliphatic heterocycles. The first-order chi connectivity index (χ1) is 8.24. The number of nitrogens with zero attached hydrogens (tertiary/aromatic N) is 1. The molecule has 0 unspecified atom stereocenters. The van der Waals surface area contributed by atoms with Gasteiger partial charge >= 0.3 is 6.09 Å². The van der Waals surface area contributed by atoms with E-state index >= 15 is 0 Å². The van der Waals surface area contributed by atoms with Gasteiger partial charge in [0.15, 0.2) is 0 Å². The van der Waals surface area contributed by atoms with Crippen LogP contribution in [0, 0.1) is 0 Å². The molecule has 2 rings (SSSR count). The molecule has 0 radical (unpaired) electrons. The van der Waals surface area contributed by atoms with E-state index in [1.54, 1.807) is 4.90 Å². The van der Waals surface area contributed by atoms with Crippen LogP contribution in [0.5, 0.6) is 5.75 Å². The van der Waals surface area contributed by atoms with Crippen LogP contribution in [0.15, 0.2) is 24.3 Å². The van der Waals surface area contributed by atoms with Crippen LogP contribution in [0.3, 0.4) is 0 Å². The molecule has 1 amide bonds. The van der Waals surface area contributed by atoms with E-state index in [1.165, 1.54) is 0 Å². The third-order valence-electron chi connectivity index (χ3n) is 2.60. The van der Waals surface area contributed by atoms with Crippen molar-refractivity contribution in [1.29, 1.82) is 0 Å². The number of hydrogen-bond acceptors (Lipinski definition) is 4. The lowest BCUT2D eigenvalue weighted by molar-refractivity contribution is 0.145. The smallest absolute Gasteiger partial charge is 0.414 e. The Balaban J connectivity index is 2.09. The highest BCUT2D eigenvalue weighted by Crippen LogP contribution is 2.23. The van der Waals surface area contributed by atoms with Crippen molar-refractivity contribution in [2.45, 2.75) is 13.0 Å². The van der Waals surface area contributed by atoms with Crippen molar-refractivity contribution >= 4 is 11.8 Å². The van der Waals surface area contributed by atoms with Gasteiger partial charge in [-0.2, -0.15) is 0 Å². The molecule has 0 aliphatic carbocycles. The van der Waals surface area contributed by atoms with Crippen molar-refractivity contribution in [2.24, 2.45) is 5.73 Å². The minimum absolute atomic E-state index is 0.214. The number of cyclic esters (lactones) is 1. The fourth-order valence-electron chi connectivity index (χ4n) is 1.74. The van der Waals surface area contributed by atoms with Gasteiger partial charge in [-0.3, -0.25) is 4.90 Å². The van der Waals surface area contributed by atoms with Crippen LogP contribution in [-0.4, -0.2) is 31.9 Å². The zero-order valence-corrected chi connectivity index (χ0v) is 9.76. The molecule has 1 aromatic carbocycles. The first-order valence-corrected chi connectivity index (χ1v) is 5.65. The van der Waals surface area contributed by atoms with Crippen LogP contribution < -0.4 is 15.4 Å². The lowest BCUT2D eigenvalue weighted by atomic mass is 10.2. The highest BCUT2D eigenvalue weighted by molar-refractivity contribution is 5.89. The Morgan fingerprint density at radius 1 is 1.47 bits per heavy atom. The Hall–Kier alpha value is -1.75. The molecule has 1 aliphatic rings. The summed E-state index contributed by atoms with van der Waals surface area (Å²) >= 11 is 0. The van der Waals surface area contributed by atoms with Gasteiger partial charge in [0.05, 0.1) is 13.2 Å². The lowest BCUT2D eigenvalue weighted by Gasteiger charge is -2.13. The predicted octanol–water partition coefficient (Wildman–Crippen LogP) is 1.37. The van der Waals surface area contributed by atoms with Gasteiger partial charge in [-0.25, -0.2) is 4.79 Å². The van der Waals surface area contributed by atoms with Gasteiger partial charge in [0, 0.05) is 12.2 Å². The summed E-state index contributed by atoms with van der Waals surface area (Å²) < 4.78 is 10.4. The number of carbonyl (C=O) groups is 1. The first kappa shape index (κ1) is 11.7. The lowest BCUT2D eigenvalue weighted by Crippen LogP contribution is -2.27. The van der Waals surface area contributed by atoms with Gasteiger partial charge in [0.2, 0.25) is 0 Å². The van der Waals surface area contributed by atoms with Crippen molar-refractivity contribution in [3.63, 3.8) is 0 Å². The number of amides is 1. The third kappa shape index (κ3) is 2.50. The molecule has 5 nitrogen and oxygen atoms in total. The molecule has 1 heterocycles. The summed E-state index contributed by atoms with van der Waals surface area (Å²) in [6.07, 6.45) is -0.557. The molecule has 5 heteroatoms. The van der Waals surface area contributed by atoms with E-state index < -0.39 is 0 Å². The minimum atomic E-state index is -0.343. The van der Waals surface area contributed by atoms with Crippen LogP contribution in [-0.2, 0) is 4.74 Å². The van der Waals surface area contributed by atoms with E-state index in [0.29, 0.717) is 19.7 Å². The van der Waals surface area contributed by atoms with E-state index in [-0.39, 0.29) is 12.2 Å². The molecule has 1 aromatic rings. The fourth-order valence-corrected chi connectivity index (χ4v) is 1.74. The van der Waals surface area contributed by atoms with Crippen molar-refractivity contribution in [1.82, 2.24) is 0 Å². The normalized spacial score (nSPS) is 19.3. The number of rotatable bonds is 4. The average Bonchev–Trinajstić information content (AvgIpc) is 2.72. The molecule has 1 fully saturated rings. The molecule has 1 saturated heterocycles. The van der Waals surface area contributed by atoms with Crippen LogP contribution >= 0.6 is 0 Å². The Morgan fingerprint density at radius 2 is 2.18 bits per heavy atom. The van der Waals surface area contributed by atoms with Gasteiger partial charge in [-0.1, -0.05) is 0 Å². The Morgan fingerprint density at radius 3 is 2.71 bits per heavy atom. The summed E-state index contributed by atoms with van der Waals surface area (Å²) in [6, 6.07) is 7.35. The SMILES string of the molecule is CCOc1ccc(N2C[C@H](CN)OC2=O)cc1. The molecule has 0 bridgehead atoms. The molecule has 2 N–H and O–H groups in total. The molecular formula is C12H16N2O3. The van der Waals surface area contributed by atoms with Crippen LogP contribution in [0.4, 0.5) is 10.5 Å². The maximum Gasteiger partial charge on any atom is 0.414 e. The number of nitrogens with two attached hydrogens (primary N) is 1. The minimum Gasteiger partial charge on any atom is -0.494 e. The summed E-state index contributed by atoms with van der Waals surface area (Å²) in [6.45, 7) is 3.40. The number of benzene rings is 1. The summed E-state index contributed by atoms with van der Waals surface area (Å²) in [5.74, 6) is 0.791. The monoisotopic (exact) mass is 236 g/mol. The molecule has 0 spiro atoms. The third-order valence-corrected chi connectivity index (χ3v) is 2.60. The standard InChI is InChI=1S/C12H16N2O3/c1-2-16-10-5-3-9(4-6-10)14-8-11(7-13)17-12(14)15/h3-6,11H,2,7-8,13H2,1H3/t11-/m0/s1. The van der Waals surface area contributed by atoms with Crippen molar-refractivity contribution in [3.05, 3.63) is 24.3 Å². The quantitative estimate of drug-likeness (QED) is 0.857. The maximum absolute atomic E-state index is 11.6. The van der Waals surface area contributed by atoms with E-state index in [4.69, 9.17) is 15.2 Å². The summed E-state index contributed by atoms with van der Waals surface area (Å²) in [7, 11) is 0. The van der Waals surface area contributed by atoms with Gasteiger partial charge in [0.25, 0.3) is 0 Å². The molecule has 1 atom stereocenters. The van der Waals surface area contributed by atoms with E-state index in [9.17, 15) is 4.79 Å². The highest BCUT2D eigenvalue weighted by Gasteiger charge is 2.31. The van der Waals surface area contributed by atoms with Gasteiger partial charge in [0.1, 0.15) is 11.9 Å². The van der Waals surface area contributed by atoms with Crippen LogP contribution in [0.1, 0.15) is 6.92 Å². The van der Waals surface area contributed by atoms with Gasteiger partial charge in [-0.05, 0) is 31.2 Å². The molecule has 17 heavy (non-hydrogen) atoms. The van der Waals surface area contributed by atoms with Crippen LogP contribution in [0.25, 0.3) is 0 Å². The second-order valence-electron chi connectivity index (χ2n) is 3.78. The second kappa shape index (κ2) is 5.05. The summed E-state index contributed by atoms with van der Waals surface area (Å²) in [4.78, 5) is 13.1. The fraction of sp³-hybridized carbons (Fsp3) is 0.417. The first-order valence-electron chi connectivity index (χ1n) is 5.65. The number of carbonyl (C=O) groups excluding carboxylic acids is 1. The maximum atomic E-state index is 11.6. The zero-order chi connectivity index (χ0) is 12.3. The Bertz CT molecular complexity index is 391. The predicted molar refractivity (Wildman–Crippen MR) is 64.3 cm³/mol. The van der Waals surface area contributed by atoms with Gasteiger partial charge in [-0.15, -0.1) is 0 Å². The topological polar surface area (TPSA) is 64.8 Å². The molecular weight excluding hydrogens is 220 g/mol. The molecule has 92 valence electrons. The van der Waals surface area contributed by atoms with E-state index in [2.05, 4.69) is 0 Å². The van der Waals surface area contributed by atoms with Gasteiger partial charge < -0.3 is 15.2 Å². The zero-order valence-electron chi connectivity index (χ0n) is 9.76. The number of anilines is 1. The number of hydrogen-bond donors (Lipinski definition) is 1. The van der Waals surface area contributed by atoms with E-state index in [1.807, 2.05) is 31.2 Å². The Kier molecular flexibility index (Phi) is 3.49. The summed E-state index contributed by atoms with van der Waals surface area (Å²) in [5.41, 5.74) is 6.28. The summed E-state index contributed by atoms with van der Waals surface area (Å²) in [5, 5.41) is 0.